The van der Waals surface area contributed by atoms with Crippen LogP contribution in [0.25, 0.3) is 0 Å². The zero-order chi connectivity index (χ0) is 30.6. The second-order valence-electron chi connectivity index (χ2n) is 8.05. The van der Waals surface area contributed by atoms with Crippen molar-refractivity contribution in [2.75, 3.05) is 33.9 Å². The van der Waals surface area contributed by atoms with Crippen LogP contribution in [0.2, 0.25) is 0 Å². The summed E-state index contributed by atoms with van der Waals surface area (Å²) in [7, 11) is 2.78. The molecule has 0 aromatic rings. The molecule has 0 spiro atoms. The van der Waals surface area contributed by atoms with Crippen molar-refractivity contribution < 1.29 is 33.4 Å². The molecule has 1 N–H and O–H groups in total. The maximum atomic E-state index is 12.0. The molecule has 1 aliphatic heterocycles. The number of carbonyl (C=O) groups is 4. The minimum absolute atomic E-state index is 0.0321. The van der Waals surface area contributed by atoms with E-state index in [1.807, 2.05) is 69.2 Å². The van der Waals surface area contributed by atoms with Crippen molar-refractivity contribution in [1.29, 1.82) is 0 Å². The standard InChI is InChI=1S/C13H23NO4.C6H11NO3.C3H8.3C2H6/c1-8(2)11(12(15)9(3)4)14-13(16)18-10-5-6-17-7-10;1-5(8)4-7(2)6(9)10-3;1-3-2;3*1-2/h8-11H,5-7H2,1-4H3,(H,14,16);4H2,1-3H3;3H2,1-2H3;3*1-2H3. The molecule has 0 aromatic heterocycles. The number of hydrogen-bond acceptors (Lipinski definition) is 7. The van der Waals surface area contributed by atoms with Crippen LogP contribution in [0, 0.1) is 11.8 Å². The van der Waals surface area contributed by atoms with Gasteiger partial charge in [-0.25, -0.2) is 9.59 Å². The highest BCUT2D eigenvalue weighted by atomic mass is 16.6. The number of carbonyl (C=O) groups excluding carboxylic acids is 4. The fourth-order valence-electron chi connectivity index (χ4n) is 2.40. The van der Waals surface area contributed by atoms with Crippen LogP contribution in [-0.2, 0) is 23.8 Å². The molecule has 2 unspecified atom stereocenters. The molecule has 224 valence electrons. The number of ether oxygens (including phenoxy) is 3. The van der Waals surface area contributed by atoms with Crippen molar-refractivity contribution in [1.82, 2.24) is 10.2 Å². The Labute approximate surface area is 228 Å². The number of amides is 2. The highest BCUT2D eigenvalue weighted by Crippen LogP contribution is 2.12. The minimum atomic E-state index is -0.529. The Morgan fingerprint density at radius 1 is 0.973 bits per heavy atom. The third-order valence-electron chi connectivity index (χ3n) is 3.92. The van der Waals surface area contributed by atoms with Crippen molar-refractivity contribution >= 4 is 23.8 Å². The summed E-state index contributed by atoms with van der Waals surface area (Å²) in [6.45, 7) is 26.3. The fourth-order valence-corrected chi connectivity index (χ4v) is 2.40. The summed E-state index contributed by atoms with van der Waals surface area (Å²) in [6, 6.07) is -0.486. The summed E-state index contributed by atoms with van der Waals surface area (Å²) in [5.74, 6) is -0.0858. The molecule has 1 heterocycles. The molecular weight excluding hydrogens is 476 g/mol. The molecule has 37 heavy (non-hydrogen) atoms. The lowest BCUT2D eigenvalue weighted by Crippen LogP contribution is -2.47. The van der Waals surface area contributed by atoms with E-state index in [-0.39, 0.29) is 36.1 Å². The van der Waals surface area contributed by atoms with E-state index in [1.54, 1.807) is 0 Å². The topological polar surface area (TPSA) is 111 Å². The van der Waals surface area contributed by atoms with Crippen LogP contribution in [0.5, 0.6) is 0 Å². The number of nitrogens with one attached hydrogen (secondary N) is 1. The van der Waals surface area contributed by atoms with Crippen LogP contribution in [0.15, 0.2) is 0 Å². The van der Waals surface area contributed by atoms with Crippen molar-refractivity contribution in [2.45, 2.75) is 115 Å². The molecule has 2 amide bonds. The Bertz CT molecular complexity index is 547. The summed E-state index contributed by atoms with van der Waals surface area (Å²) in [5, 5.41) is 2.66. The molecule has 0 radical (unpaired) electrons. The van der Waals surface area contributed by atoms with Gasteiger partial charge in [0.2, 0.25) is 0 Å². The van der Waals surface area contributed by atoms with Crippen LogP contribution < -0.4 is 5.32 Å². The van der Waals surface area contributed by atoms with Crippen LogP contribution in [-0.4, -0.2) is 74.7 Å². The zero-order valence-corrected chi connectivity index (χ0v) is 26.6. The van der Waals surface area contributed by atoms with Gasteiger partial charge in [0.25, 0.3) is 0 Å². The van der Waals surface area contributed by atoms with Gasteiger partial charge in [0, 0.05) is 19.4 Å². The molecule has 2 atom stereocenters. The Balaban J connectivity index is -0.000000152. The number of hydrogen-bond donors (Lipinski definition) is 1. The van der Waals surface area contributed by atoms with Crippen molar-refractivity contribution in [2.24, 2.45) is 11.8 Å². The second-order valence-corrected chi connectivity index (χ2v) is 8.05. The third kappa shape index (κ3) is 28.3. The zero-order valence-electron chi connectivity index (χ0n) is 26.6. The highest BCUT2D eigenvalue weighted by Gasteiger charge is 2.28. The van der Waals surface area contributed by atoms with E-state index in [2.05, 4.69) is 23.9 Å². The lowest BCUT2D eigenvalue weighted by atomic mass is 9.93. The highest BCUT2D eigenvalue weighted by molar-refractivity contribution is 5.89. The maximum absolute atomic E-state index is 12.0. The molecule has 0 bridgehead atoms. The van der Waals surface area contributed by atoms with E-state index in [4.69, 9.17) is 9.47 Å². The van der Waals surface area contributed by atoms with Crippen molar-refractivity contribution in [3.05, 3.63) is 0 Å². The van der Waals surface area contributed by atoms with E-state index in [0.29, 0.717) is 13.2 Å². The molecule has 1 rings (SSSR count). The van der Waals surface area contributed by atoms with Crippen LogP contribution in [0.1, 0.15) is 103 Å². The van der Waals surface area contributed by atoms with Crippen molar-refractivity contribution in [3.63, 3.8) is 0 Å². The number of nitrogens with zero attached hydrogens (tertiary/aromatic N) is 1. The predicted octanol–water partition coefficient (Wildman–Crippen LogP) is 6.52. The molecule has 1 fully saturated rings. The van der Waals surface area contributed by atoms with E-state index >= 15 is 0 Å². The van der Waals surface area contributed by atoms with Gasteiger partial charge in [-0.05, 0) is 12.8 Å². The molecule has 1 saturated heterocycles. The SMILES string of the molecule is CC.CC.CC.CC(C)C(=O)C(NC(=O)OC1CCOC1)C(C)C.CCC.COC(=O)N(C)CC(C)=O. The first-order chi connectivity index (χ1) is 17.4. The summed E-state index contributed by atoms with van der Waals surface area (Å²) in [4.78, 5) is 45.9. The summed E-state index contributed by atoms with van der Waals surface area (Å²) >= 11 is 0. The first-order valence-corrected chi connectivity index (χ1v) is 13.8. The number of rotatable bonds is 7. The summed E-state index contributed by atoms with van der Waals surface area (Å²) in [6.07, 6.45) is 0.762. The van der Waals surface area contributed by atoms with Gasteiger partial charge in [0.1, 0.15) is 11.9 Å². The van der Waals surface area contributed by atoms with Gasteiger partial charge in [-0.3, -0.25) is 9.59 Å². The molecular formula is C28H60N2O7. The largest absolute Gasteiger partial charge is 0.453 e. The smallest absolute Gasteiger partial charge is 0.409 e. The molecule has 1 aliphatic rings. The quantitative estimate of drug-likeness (QED) is 0.394. The number of methoxy groups -OCH3 is 1. The van der Waals surface area contributed by atoms with Gasteiger partial charge >= 0.3 is 12.2 Å². The van der Waals surface area contributed by atoms with Gasteiger partial charge in [-0.15, -0.1) is 0 Å². The third-order valence-corrected chi connectivity index (χ3v) is 3.92. The average molecular weight is 537 g/mol. The van der Waals surface area contributed by atoms with Gasteiger partial charge < -0.3 is 24.4 Å². The molecule has 9 nitrogen and oxygen atoms in total. The normalized spacial score (nSPS) is 13.6. The van der Waals surface area contributed by atoms with E-state index < -0.39 is 18.2 Å². The van der Waals surface area contributed by atoms with E-state index in [1.165, 1.54) is 32.4 Å². The van der Waals surface area contributed by atoms with Crippen LogP contribution in [0.3, 0.4) is 0 Å². The number of alkyl carbamates (subject to hydrolysis) is 1. The minimum Gasteiger partial charge on any atom is -0.453 e. The number of Topliss-reactive ketones (excluding diaryl/α,β-unsaturated/α-hetero) is 2. The van der Waals surface area contributed by atoms with Gasteiger partial charge in [0.15, 0.2) is 5.78 Å². The predicted molar refractivity (Wildman–Crippen MR) is 153 cm³/mol. The lowest BCUT2D eigenvalue weighted by molar-refractivity contribution is -0.125. The number of ketones is 2. The van der Waals surface area contributed by atoms with Crippen molar-refractivity contribution in [3.8, 4) is 0 Å². The molecule has 9 heteroatoms. The Morgan fingerprint density at radius 2 is 1.43 bits per heavy atom. The molecule has 0 aliphatic carbocycles. The van der Waals surface area contributed by atoms with E-state index in [9.17, 15) is 19.2 Å². The Hall–Kier alpha value is -2.16. The van der Waals surface area contributed by atoms with Gasteiger partial charge in [0.05, 0.1) is 32.9 Å². The maximum Gasteiger partial charge on any atom is 0.409 e. The molecule has 0 saturated carbocycles. The van der Waals surface area contributed by atoms with Crippen LogP contribution in [0.4, 0.5) is 9.59 Å². The average Bonchev–Trinajstić information content (AvgIpc) is 3.38. The second kappa shape index (κ2) is 31.9. The summed E-state index contributed by atoms with van der Waals surface area (Å²) < 4.78 is 14.7. The van der Waals surface area contributed by atoms with Crippen LogP contribution >= 0.6 is 0 Å². The Kier molecular flexibility index (Phi) is 38.6. The van der Waals surface area contributed by atoms with E-state index in [0.717, 1.165) is 6.42 Å². The summed E-state index contributed by atoms with van der Waals surface area (Å²) in [5.41, 5.74) is 0. The monoisotopic (exact) mass is 536 g/mol. The van der Waals surface area contributed by atoms with Gasteiger partial charge in [-0.1, -0.05) is 89.5 Å². The number of likely N-dealkylation sites (N-methyl/N-ethyl adjacent to an activating group) is 1. The fraction of sp³-hybridized carbons (Fsp3) is 0.857. The Morgan fingerprint density at radius 3 is 1.73 bits per heavy atom. The first-order valence-electron chi connectivity index (χ1n) is 13.8. The first kappa shape index (κ1) is 44.8. The lowest BCUT2D eigenvalue weighted by Gasteiger charge is -2.23. The van der Waals surface area contributed by atoms with Gasteiger partial charge in [-0.2, -0.15) is 0 Å². The molecule has 0 aromatic carbocycles.